The molecule has 0 saturated carbocycles. The van der Waals surface area contributed by atoms with Gasteiger partial charge in [0.15, 0.2) is 5.15 Å². The molecule has 2 rings (SSSR count). The lowest BCUT2D eigenvalue weighted by Crippen LogP contribution is -2.34. The minimum atomic E-state index is -0.609. The smallest absolute Gasteiger partial charge is 0.154 e. The van der Waals surface area contributed by atoms with E-state index in [1.807, 2.05) is 39.0 Å². The van der Waals surface area contributed by atoms with Crippen molar-refractivity contribution in [2.75, 3.05) is 25.6 Å². The van der Waals surface area contributed by atoms with Crippen molar-refractivity contribution in [3.8, 4) is 0 Å². The molecule has 148 valence electrons. The molecule has 6 nitrogen and oxygen atoms in total. The van der Waals surface area contributed by atoms with Crippen molar-refractivity contribution in [1.82, 2.24) is 15.3 Å². The third-order valence-corrected chi connectivity index (χ3v) is 4.11. The van der Waals surface area contributed by atoms with Crippen LogP contribution in [0.1, 0.15) is 38.1 Å². The molecule has 0 aliphatic carbocycles. The zero-order chi connectivity index (χ0) is 19.9. The first-order valence-corrected chi connectivity index (χ1v) is 9.41. The summed E-state index contributed by atoms with van der Waals surface area (Å²) in [6.07, 6.45) is 1.76. The monoisotopic (exact) mass is 392 g/mol. The van der Waals surface area contributed by atoms with Crippen LogP contribution in [0.4, 0.5) is 5.82 Å². The average Bonchev–Trinajstić information content (AvgIpc) is 2.59. The first-order valence-electron chi connectivity index (χ1n) is 9.03. The summed E-state index contributed by atoms with van der Waals surface area (Å²) in [7, 11) is 1.56. The number of anilines is 1. The van der Waals surface area contributed by atoms with E-state index >= 15 is 0 Å². The second-order valence-corrected chi connectivity index (χ2v) is 7.92. The quantitative estimate of drug-likeness (QED) is 0.608. The van der Waals surface area contributed by atoms with Gasteiger partial charge in [-0.3, -0.25) is 4.98 Å². The van der Waals surface area contributed by atoms with Crippen molar-refractivity contribution in [3.05, 3.63) is 52.9 Å². The van der Waals surface area contributed by atoms with E-state index in [1.54, 1.807) is 13.3 Å². The Morgan fingerprint density at radius 3 is 2.52 bits per heavy atom. The van der Waals surface area contributed by atoms with Gasteiger partial charge in [-0.2, -0.15) is 0 Å². The maximum atomic E-state index is 9.99. The summed E-state index contributed by atoms with van der Waals surface area (Å²) in [5.41, 5.74) is 1.67. The summed E-state index contributed by atoms with van der Waals surface area (Å²) in [4.78, 5) is 9.00. The van der Waals surface area contributed by atoms with E-state index in [9.17, 15) is 5.11 Å². The van der Waals surface area contributed by atoms with Crippen LogP contribution in [0.5, 0.6) is 0 Å². The second kappa shape index (κ2) is 9.99. The van der Waals surface area contributed by atoms with Crippen LogP contribution in [0, 0.1) is 0 Å². The maximum absolute atomic E-state index is 9.99. The molecule has 1 aromatic carbocycles. The summed E-state index contributed by atoms with van der Waals surface area (Å²) < 4.78 is 4.99. The van der Waals surface area contributed by atoms with Crippen molar-refractivity contribution in [3.63, 3.8) is 0 Å². The third-order valence-electron chi connectivity index (χ3n) is 3.83. The van der Waals surface area contributed by atoms with Crippen molar-refractivity contribution in [1.29, 1.82) is 0 Å². The van der Waals surface area contributed by atoms with E-state index in [1.165, 1.54) is 0 Å². The summed E-state index contributed by atoms with van der Waals surface area (Å²) in [5, 5.41) is 16.9. The van der Waals surface area contributed by atoms with Crippen LogP contribution in [0.25, 0.3) is 0 Å². The van der Waals surface area contributed by atoms with Crippen molar-refractivity contribution in [2.24, 2.45) is 0 Å². The predicted molar refractivity (Wildman–Crippen MR) is 109 cm³/mol. The van der Waals surface area contributed by atoms with Gasteiger partial charge in [-0.25, -0.2) is 4.98 Å². The van der Waals surface area contributed by atoms with Gasteiger partial charge in [-0.15, -0.1) is 0 Å². The lowest BCUT2D eigenvalue weighted by molar-refractivity contribution is 0.0626. The van der Waals surface area contributed by atoms with E-state index < -0.39 is 6.10 Å². The van der Waals surface area contributed by atoms with Crippen molar-refractivity contribution < 1.29 is 9.84 Å². The highest BCUT2D eigenvalue weighted by Crippen LogP contribution is 2.25. The molecule has 7 heteroatoms. The molecule has 3 N–H and O–H groups in total. The first kappa shape index (κ1) is 21.6. The molecule has 1 heterocycles. The second-order valence-electron chi connectivity index (χ2n) is 7.57. The molecule has 0 spiro atoms. The Balaban J connectivity index is 2.20. The standard InChI is InChI=1S/C20H29ClN4O2/c1-20(2,3)25-17-12-23-18(19(21)24-17)16(22-11-15(26)13-27-4)10-14-8-6-5-7-9-14/h5-9,12,15-16,22,26H,10-11,13H2,1-4H3,(H,24,25)/t15-,16?/m1/s1. The Bertz CT molecular complexity index is 707. The van der Waals surface area contributed by atoms with Gasteiger partial charge < -0.3 is 20.5 Å². The molecule has 0 bridgehead atoms. The molecule has 0 radical (unpaired) electrons. The topological polar surface area (TPSA) is 79.3 Å². The zero-order valence-corrected chi connectivity index (χ0v) is 17.1. The average molecular weight is 393 g/mol. The number of halogens is 1. The van der Waals surface area contributed by atoms with Crippen molar-refractivity contribution >= 4 is 17.4 Å². The molecule has 1 unspecified atom stereocenters. The van der Waals surface area contributed by atoms with E-state index in [0.717, 1.165) is 5.56 Å². The number of rotatable bonds is 9. The fourth-order valence-electron chi connectivity index (χ4n) is 2.70. The van der Waals surface area contributed by atoms with Gasteiger partial charge in [0.1, 0.15) is 5.82 Å². The van der Waals surface area contributed by atoms with E-state index in [4.69, 9.17) is 16.3 Å². The molecular formula is C20H29ClN4O2. The van der Waals surface area contributed by atoms with Crippen LogP contribution in [0.2, 0.25) is 5.15 Å². The molecule has 1 aromatic heterocycles. The van der Waals surface area contributed by atoms with Crippen LogP contribution in [0.15, 0.2) is 36.5 Å². The minimum Gasteiger partial charge on any atom is -0.389 e. The fraction of sp³-hybridized carbons (Fsp3) is 0.500. The number of nitrogens with zero attached hydrogens (tertiary/aromatic N) is 2. The van der Waals surface area contributed by atoms with Gasteiger partial charge >= 0.3 is 0 Å². The lowest BCUT2D eigenvalue weighted by Gasteiger charge is -2.23. The zero-order valence-electron chi connectivity index (χ0n) is 16.4. The van der Waals surface area contributed by atoms with Crippen LogP contribution < -0.4 is 10.6 Å². The largest absolute Gasteiger partial charge is 0.389 e. The number of aromatic nitrogens is 2. The summed E-state index contributed by atoms with van der Waals surface area (Å²) >= 11 is 6.45. The van der Waals surface area contributed by atoms with Gasteiger partial charge in [0.05, 0.1) is 30.6 Å². The predicted octanol–water partition coefficient (Wildman–Crippen LogP) is 3.22. The Hall–Kier alpha value is -1.73. The highest BCUT2D eigenvalue weighted by atomic mass is 35.5. The van der Waals surface area contributed by atoms with E-state index in [-0.39, 0.29) is 18.2 Å². The maximum Gasteiger partial charge on any atom is 0.154 e. The molecule has 0 aliphatic heterocycles. The van der Waals surface area contributed by atoms with Gasteiger partial charge in [0.25, 0.3) is 0 Å². The molecule has 2 aromatic rings. The van der Waals surface area contributed by atoms with Gasteiger partial charge in [0.2, 0.25) is 0 Å². The van der Waals surface area contributed by atoms with E-state index in [0.29, 0.717) is 29.6 Å². The molecule has 0 aliphatic rings. The van der Waals surface area contributed by atoms with Crippen LogP contribution >= 0.6 is 11.6 Å². The summed E-state index contributed by atoms with van der Waals surface area (Å²) in [5.74, 6) is 0.633. The van der Waals surface area contributed by atoms with Gasteiger partial charge in [-0.05, 0) is 32.8 Å². The molecule has 0 amide bonds. The number of benzene rings is 1. The Kier molecular flexibility index (Phi) is 7.98. The number of aliphatic hydroxyl groups excluding tert-OH is 1. The van der Waals surface area contributed by atoms with Crippen molar-refractivity contribution in [2.45, 2.75) is 44.9 Å². The SMILES string of the molecule is COC[C@H](O)CNC(Cc1ccccc1)c1ncc(NC(C)(C)C)nc1Cl. The lowest BCUT2D eigenvalue weighted by atomic mass is 10.0. The van der Waals surface area contributed by atoms with Gasteiger partial charge in [0, 0.05) is 19.2 Å². The fourth-order valence-corrected chi connectivity index (χ4v) is 2.97. The number of ether oxygens (including phenoxy) is 1. The first-order chi connectivity index (χ1) is 12.8. The van der Waals surface area contributed by atoms with Gasteiger partial charge in [-0.1, -0.05) is 41.9 Å². The van der Waals surface area contributed by atoms with E-state index in [2.05, 4.69) is 32.7 Å². The minimum absolute atomic E-state index is 0.133. The number of hydrogen-bond acceptors (Lipinski definition) is 6. The van der Waals surface area contributed by atoms with Crippen LogP contribution in [0.3, 0.4) is 0 Å². The molecule has 0 fully saturated rings. The third kappa shape index (κ3) is 7.42. The number of aliphatic hydroxyl groups is 1. The van der Waals surface area contributed by atoms with Crippen LogP contribution in [-0.4, -0.2) is 47.0 Å². The Labute approximate surface area is 166 Å². The Morgan fingerprint density at radius 2 is 1.93 bits per heavy atom. The van der Waals surface area contributed by atoms with Crippen LogP contribution in [-0.2, 0) is 11.2 Å². The summed E-state index contributed by atoms with van der Waals surface area (Å²) in [6.45, 7) is 6.78. The number of nitrogens with one attached hydrogen (secondary N) is 2. The number of methoxy groups -OCH3 is 1. The molecule has 2 atom stereocenters. The normalized spacial score (nSPS) is 14.0. The Morgan fingerprint density at radius 1 is 1.22 bits per heavy atom. The molecule has 27 heavy (non-hydrogen) atoms. The molecular weight excluding hydrogens is 364 g/mol. The molecule has 0 saturated heterocycles. The summed E-state index contributed by atoms with van der Waals surface area (Å²) in [6, 6.07) is 9.90. The highest BCUT2D eigenvalue weighted by molar-refractivity contribution is 6.30. The number of hydrogen-bond donors (Lipinski definition) is 3. The highest BCUT2D eigenvalue weighted by Gasteiger charge is 2.20.